The Balaban J connectivity index is 1.45. The molecule has 2 aliphatic rings. The molecule has 2 aromatic heterocycles. The lowest BCUT2D eigenvalue weighted by atomic mass is 9.74. The van der Waals surface area contributed by atoms with Crippen LogP contribution in [0.25, 0.3) is 5.65 Å². The summed E-state index contributed by atoms with van der Waals surface area (Å²) in [5, 5.41) is 29.2. The SMILES string of the molecule is C[C@@H](NC(=O)c1cc(C2(O)CCC3(CC2O)OCCO3)c2ncnn2c1)c1cccc(C(F)F)c1F. The number of benzene rings is 1. The van der Waals surface area contributed by atoms with Crippen molar-refractivity contribution in [1.82, 2.24) is 19.9 Å². The van der Waals surface area contributed by atoms with Gasteiger partial charge in [-0.25, -0.2) is 22.7 Å². The van der Waals surface area contributed by atoms with Crippen molar-refractivity contribution < 1.29 is 37.7 Å². The highest BCUT2D eigenvalue weighted by Crippen LogP contribution is 2.46. The second-order valence-corrected chi connectivity index (χ2v) is 9.17. The van der Waals surface area contributed by atoms with Crippen molar-refractivity contribution in [2.24, 2.45) is 0 Å². The summed E-state index contributed by atoms with van der Waals surface area (Å²) in [7, 11) is 0. The molecule has 3 atom stereocenters. The van der Waals surface area contributed by atoms with Crippen LogP contribution in [-0.2, 0) is 15.1 Å². The predicted octanol–water partition coefficient (Wildman–Crippen LogP) is 2.77. The largest absolute Gasteiger partial charge is 0.390 e. The average molecular weight is 506 g/mol. The molecule has 12 heteroatoms. The minimum atomic E-state index is -2.99. The van der Waals surface area contributed by atoms with Gasteiger partial charge in [-0.05, 0) is 19.4 Å². The van der Waals surface area contributed by atoms with Crippen LogP contribution in [0.2, 0.25) is 0 Å². The van der Waals surface area contributed by atoms with Crippen LogP contribution in [0.1, 0.15) is 65.7 Å². The molecule has 3 heterocycles. The van der Waals surface area contributed by atoms with E-state index in [0.29, 0.717) is 19.6 Å². The van der Waals surface area contributed by atoms with Crippen LogP contribution in [0.5, 0.6) is 0 Å². The van der Waals surface area contributed by atoms with E-state index in [1.54, 1.807) is 0 Å². The van der Waals surface area contributed by atoms with Crippen LogP contribution in [0.4, 0.5) is 13.2 Å². The molecule has 1 aromatic carbocycles. The Bertz CT molecular complexity index is 1300. The molecular weight excluding hydrogens is 481 g/mol. The standard InChI is InChI=1S/C24H25F3N4O5/c1-13(15-3-2-4-16(19(15)25)20(26)27)30-22(33)14-9-17(21-28-12-29-31(21)11-14)24(34)6-5-23(10-18(24)32)35-7-8-36-23/h2-4,9,11-13,18,20,32,34H,5-8,10H2,1H3,(H,30,33)/t13-,18?,24?/m1/s1. The average Bonchev–Trinajstić information content (AvgIpc) is 3.50. The van der Waals surface area contributed by atoms with Crippen LogP contribution in [0, 0.1) is 5.82 Å². The number of pyridine rings is 1. The van der Waals surface area contributed by atoms with Crippen LogP contribution in [0.3, 0.4) is 0 Å². The highest BCUT2D eigenvalue weighted by atomic mass is 19.3. The van der Waals surface area contributed by atoms with Gasteiger partial charge < -0.3 is 25.0 Å². The van der Waals surface area contributed by atoms with Gasteiger partial charge in [-0.3, -0.25) is 4.79 Å². The van der Waals surface area contributed by atoms with Gasteiger partial charge in [0.2, 0.25) is 0 Å². The van der Waals surface area contributed by atoms with E-state index in [2.05, 4.69) is 15.4 Å². The summed E-state index contributed by atoms with van der Waals surface area (Å²) in [5.41, 5.74) is -2.12. The number of hydrogen-bond donors (Lipinski definition) is 3. The van der Waals surface area contributed by atoms with Gasteiger partial charge in [-0.15, -0.1) is 0 Å². The zero-order valence-electron chi connectivity index (χ0n) is 19.3. The number of carbonyl (C=O) groups excluding carboxylic acids is 1. The Labute approximate surface area is 203 Å². The van der Waals surface area contributed by atoms with Crippen molar-refractivity contribution in [2.75, 3.05) is 13.2 Å². The molecule has 1 saturated carbocycles. The van der Waals surface area contributed by atoms with Gasteiger partial charge in [0.05, 0.1) is 36.5 Å². The Morgan fingerprint density at radius 1 is 1.25 bits per heavy atom. The topological polar surface area (TPSA) is 118 Å². The number of nitrogens with one attached hydrogen (secondary N) is 1. The number of alkyl halides is 2. The van der Waals surface area contributed by atoms with Gasteiger partial charge >= 0.3 is 0 Å². The molecule has 2 unspecified atom stereocenters. The molecule has 1 amide bonds. The first-order valence-electron chi connectivity index (χ1n) is 11.5. The number of amides is 1. The van der Waals surface area contributed by atoms with Crippen molar-refractivity contribution in [3.8, 4) is 0 Å². The van der Waals surface area contributed by atoms with Crippen LogP contribution in [-0.4, -0.2) is 55.8 Å². The van der Waals surface area contributed by atoms with Gasteiger partial charge in [0.25, 0.3) is 12.3 Å². The molecule has 36 heavy (non-hydrogen) atoms. The number of aliphatic hydroxyl groups excluding tert-OH is 1. The van der Waals surface area contributed by atoms with Gasteiger partial charge in [0, 0.05) is 30.2 Å². The van der Waals surface area contributed by atoms with Crippen molar-refractivity contribution in [2.45, 2.75) is 56.1 Å². The highest BCUT2D eigenvalue weighted by molar-refractivity contribution is 5.95. The molecular formula is C24H25F3N4O5. The lowest BCUT2D eigenvalue weighted by molar-refractivity contribution is -0.239. The number of carbonyl (C=O) groups is 1. The van der Waals surface area contributed by atoms with Crippen LogP contribution in [0.15, 0.2) is 36.8 Å². The van der Waals surface area contributed by atoms with Crippen molar-refractivity contribution in [1.29, 1.82) is 0 Å². The third-order valence-corrected chi connectivity index (χ3v) is 6.97. The molecule has 3 N–H and O–H groups in total. The molecule has 3 aromatic rings. The minimum absolute atomic E-state index is 0.0248. The lowest BCUT2D eigenvalue weighted by Gasteiger charge is -2.44. The number of halogens is 3. The first kappa shape index (κ1) is 24.6. The van der Waals surface area contributed by atoms with E-state index in [4.69, 9.17) is 9.47 Å². The maximum absolute atomic E-state index is 14.6. The number of ether oxygens (including phenoxy) is 2. The van der Waals surface area contributed by atoms with E-state index >= 15 is 0 Å². The first-order chi connectivity index (χ1) is 17.1. The Morgan fingerprint density at radius 3 is 2.67 bits per heavy atom. The molecule has 5 rings (SSSR count). The minimum Gasteiger partial charge on any atom is -0.390 e. The van der Waals surface area contributed by atoms with Crippen LogP contribution < -0.4 is 5.32 Å². The van der Waals surface area contributed by atoms with Gasteiger partial charge in [0.15, 0.2) is 11.4 Å². The summed E-state index contributed by atoms with van der Waals surface area (Å²) >= 11 is 0. The quantitative estimate of drug-likeness (QED) is 0.487. The van der Waals surface area contributed by atoms with Gasteiger partial charge in [-0.1, -0.05) is 18.2 Å². The monoisotopic (exact) mass is 506 g/mol. The smallest absolute Gasteiger partial charge is 0.266 e. The fourth-order valence-corrected chi connectivity index (χ4v) is 4.98. The molecule has 0 bridgehead atoms. The lowest BCUT2D eigenvalue weighted by Crippen LogP contribution is -2.52. The van der Waals surface area contributed by atoms with E-state index in [9.17, 15) is 28.2 Å². The summed E-state index contributed by atoms with van der Waals surface area (Å²) < 4.78 is 53.4. The third kappa shape index (κ3) is 4.13. The van der Waals surface area contributed by atoms with Gasteiger partial charge in [0.1, 0.15) is 17.7 Å². The normalized spacial score (nSPS) is 24.5. The number of fused-ring (bicyclic) bond motifs is 1. The Morgan fingerprint density at radius 2 is 1.97 bits per heavy atom. The summed E-state index contributed by atoms with van der Waals surface area (Å²) in [6, 6.07) is 4.07. The van der Waals surface area contributed by atoms with Crippen molar-refractivity contribution in [3.05, 3.63) is 64.9 Å². The molecule has 192 valence electrons. The number of aromatic nitrogens is 3. The van der Waals surface area contributed by atoms with Gasteiger partial charge in [-0.2, -0.15) is 5.10 Å². The number of rotatable bonds is 5. The Hall–Kier alpha value is -3.06. The highest BCUT2D eigenvalue weighted by Gasteiger charge is 2.52. The van der Waals surface area contributed by atoms with E-state index in [1.807, 2.05) is 0 Å². The Kier molecular flexibility index (Phi) is 6.23. The molecule has 0 radical (unpaired) electrons. The second-order valence-electron chi connectivity index (χ2n) is 9.17. The number of hydrogen-bond acceptors (Lipinski definition) is 7. The summed E-state index contributed by atoms with van der Waals surface area (Å²) in [4.78, 5) is 17.3. The van der Waals surface area contributed by atoms with E-state index in [0.717, 1.165) is 6.07 Å². The second kappa shape index (κ2) is 9.11. The maximum Gasteiger partial charge on any atom is 0.266 e. The first-order valence-corrected chi connectivity index (χ1v) is 11.5. The van der Waals surface area contributed by atoms with Crippen molar-refractivity contribution >= 4 is 11.6 Å². The van der Waals surface area contributed by atoms with E-state index < -0.39 is 47.2 Å². The summed E-state index contributed by atoms with van der Waals surface area (Å²) in [6.07, 6.45) is -1.24. The molecule has 2 fully saturated rings. The number of nitrogens with zero attached hydrogens (tertiary/aromatic N) is 3. The molecule has 1 aliphatic carbocycles. The summed E-state index contributed by atoms with van der Waals surface area (Å²) in [5.74, 6) is -2.70. The zero-order valence-corrected chi connectivity index (χ0v) is 19.3. The van der Waals surface area contributed by atoms with Crippen molar-refractivity contribution in [3.63, 3.8) is 0 Å². The molecule has 1 saturated heterocycles. The number of aliphatic hydroxyl groups is 2. The summed E-state index contributed by atoms with van der Waals surface area (Å²) in [6.45, 7) is 2.27. The molecule has 1 aliphatic heterocycles. The van der Waals surface area contributed by atoms with E-state index in [1.165, 1.54) is 42.2 Å². The van der Waals surface area contributed by atoms with E-state index in [-0.39, 0.29) is 35.2 Å². The third-order valence-electron chi connectivity index (χ3n) is 6.97. The molecule has 9 nitrogen and oxygen atoms in total. The molecule has 1 spiro atoms. The maximum atomic E-state index is 14.6. The zero-order chi connectivity index (χ0) is 25.7. The fourth-order valence-electron chi connectivity index (χ4n) is 4.98. The van der Waals surface area contributed by atoms with Crippen LogP contribution >= 0.6 is 0 Å². The fraction of sp³-hybridized carbons (Fsp3) is 0.458. The predicted molar refractivity (Wildman–Crippen MR) is 119 cm³/mol.